The van der Waals surface area contributed by atoms with Gasteiger partial charge in [0.1, 0.15) is 11.5 Å². The number of morpholine rings is 1. The molecule has 194 valence electrons. The second kappa shape index (κ2) is 10.8. The molecule has 0 aromatic heterocycles. The van der Waals surface area contributed by atoms with Gasteiger partial charge < -0.3 is 34.3 Å². The minimum atomic E-state index is -0.630. The molecule has 8 nitrogen and oxygen atoms in total. The average Bonchev–Trinajstić information content (AvgIpc) is 2.89. The van der Waals surface area contributed by atoms with Gasteiger partial charge in [0.2, 0.25) is 5.79 Å². The van der Waals surface area contributed by atoms with Gasteiger partial charge in [0.05, 0.1) is 25.9 Å². The first kappa shape index (κ1) is 25.0. The van der Waals surface area contributed by atoms with Crippen LogP contribution in [0.2, 0.25) is 0 Å². The van der Waals surface area contributed by atoms with Crippen molar-refractivity contribution in [3.63, 3.8) is 0 Å². The molecular formula is C28H36N2O6. The van der Waals surface area contributed by atoms with Gasteiger partial charge in [0, 0.05) is 45.1 Å². The summed E-state index contributed by atoms with van der Waals surface area (Å²) < 4.78 is 22.7. The third-order valence-electron chi connectivity index (χ3n) is 7.13. The van der Waals surface area contributed by atoms with Gasteiger partial charge in [-0.3, -0.25) is 4.79 Å². The van der Waals surface area contributed by atoms with E-state index in [1.165, 1.54) is 11.1 Å². The largest absolute Gasteiger partial charge is 0.484 e. The highest BCUT2D eigenvalue weighted by molar-refractivity contribution is 5.77. The number of aryl methyl sites for hydroxylation is 1. The van der Waals surface area contributed by atoms with Crippen LogP contribution in [-0.4, -0.2) is 67.2 Å². The van der Waals surface area contributed by atoms with E-state index in [4.69, 9.17) is 18.9 Å². The lowest BCUT2D eigenvalue weighted by Gasteiger charge is -2.33. The van der Waals surface area contributed by atoms with Crippen LogP contribution in [0.4, 0.5) is 0 Å². The van der Waals surface area contributed by atoms with E-state index in [2.05, 4.69) is 17.4 Å². The van der Waals surface area contributed by atoms with Crippen molar-refractivity contribution < 1.29 is 28.8 Å². The monoisotopic (exact) mass is 496 g/mol. The molecule has 3 aliphatic rings. The van der Waals surface area contributed by atoms with Gasteiger partial charge in [-0.15, -0.1) is 0 Å². The Morgan fingerprint density at radius 3 is 2.83 bits per heavy atom. The summed E-state index contributed by atoms with van der Waals surface area (Å²) in [6.07, 6.45) is 2.22. The molecule has 2 aromatic rings. The summed E-state index contributed by atoms with van der Waals surface area (Å²) in [6.45, 7) is 7.18. The summed E-state index contributed by atoms with van der Waals surface area (Å²) in [5.74, 6) is 0.893. The van der Waals surface area contributed by atoms with Crippen molar-refractivity contribution in [1.29, 1.82) is 0 Å². The summed E-state index contributed by atoms with van der Waals surface area (Å²) in [6, 6.07) is 12.2. The Balaban J connectivity index is 1.13. The van der Waals surface area contributed by atoms with E-state index >= 15 is 0 Å². The third kappa shape index (κ3) is 6.00. The van der Waals surface area contributed by atoms with Crippen molar-refractivity contribution >= 4 is 5.91 Å². The van der Waals surface area contributed by atoms with Gasteiger partial charge in [0.15, 0.2) is 6.61 Å². The molecular weight excluding hydrogens is 460 g/mol. The SMILES string of the molecule is CC1(C)OCc2cc([C@@H](O)CN[C@@H]3CCc4ccc(OCC(=O)N5CCOCC5)cc4C3)ccc2O1. The van der Waals surface area contributed by atoms with Gasteiger partial charge in [0.25, 0.3) is 5.91 Å². The topological polar surface area (TPSA) is 89.5 Å². The first-order valence-corrected chi connectivity index (χ1v) is 12.8. The summed E-state index contributed by atoms with van der Waals surface area (Å²) in [5.41, 5.74) is 4.36. The Kier molecular flexibility index (Phi) is 7.48. The Morgan fingerprint density at radius 2 is 2.00 bits per heavy atom. The second-order valence-corrected chi connectivity index (χ2v) is 10.2. The first-order valence-electron chi connectivity index (χ1n) is 12.8. The number of rotatable bonds is 7. The summed E-state index contributed by atoms with van der Waals surface area (Å²) >= 11 is 0. The molecule has 0 radical (unpaired) electrons. The molecule has 2 atom stereocenters. The van der Waals surface area contributed by atoms with Crippen LogP contribution < -0.4 is 14.8 Å². The molecule has 0 spiro atoms. The maximum atomic E-state index is 12.4. The zero-order valence-electron chi connectivity index (χ0n) is 21.1. The molecule has 0 unspecified atom stereocenters. The van der Waals surface area contributed by atoms with Crippen LogP contribution >= 0.6 is 0 Å². The first-order chi connectivity index (χ1) is 17.4. The molecule has 2 heterocycles. The normalized spacial score (nSPS) is 21.6. The minimum absolute atomic E-state index is 0.00596. The van der Waals surface area contributed by atoms with E-state index in [0.717, 1.165) is 41.9 Å². The Bertz CT molecular complexity index is 1080. The lowest BCUT2D eigenvalue weighted by atomic mass is 9.88. The number of nitrogens with zero attached hydrogens (tertiary/aromatic N) is 1. The van der Waals surface area contributed by atoms with Gasteiger partial charge in [-0.25, -0.2) is 0 Å². The highest BCUT2D eigenvalue weighted by Crippen LogP contribution is 2.33. The summed E-state index contributed by atoms with van der Waals surface area (Å²) in [7, 11) is 0. The van der Waals surface area contributed by atoms with E-state index in [-0.39, 0.29) is 18.6 Å². The Labute approximate surface area is 212 Å². The molecule has 1 fully saturated rings. The van der Waals surface area contributed by atoms with Crippen LogP contribution in [0.5, 0.6) is 11.5 Å². The van der Waals surface area contributed by atoms with Crippen LogP contribution in [0.15, 0.2) is 36.4 Å². The predicted octanol–water partition coefficient (Wildman–Crippen LogP) is 2.75. The molecule has 0 saturated carbocycles. The van der Waals surface area contributed by atoms with E-state index < -0.39 is 11.9 Å². The van der Waals surface area contributed by atoms with E-state index in [1.54, 1.807) is 4.90 Å². The van der Waals surface area contributed by atoms with Crippen LogP contribution in [0.1, 0.15) is 48.6 Å². The fourth-order valence-electron chi connectivity index (χ4n) is 5.01. The van der Waals surface area contributed by atoms with Crippen molar-refractivity contribution in [3.8, 4) is 11.5 Å². The van der Waals surface area contributed by atoms with Gasteiger partial charge in [-0.2, -0.15) is 0 Å². The molecule has 0 bridgehead atoms. The molecule has 1 saturated heterocycles. The van der Waals surface area contributed by atoms with Crippen molar-refractivity contribution in [1.82, 2.24) is 10.2 Å². The minimum Gasteiger partial charge on any atom is -0.484 e. The predicted molar refractivity (Wildman–Crippen MR) is 134 cm³/mol. The molecule has 2 aliphatic heterocycles. The smallest absolute Gasteiger partial charge is 0.260 e. The third-order valence-corrected chi connectivity index (χ3v) is 7.13. The molecule has 36 heavy (non-hydrogen) atoms. The number of aliphatic hydroxyl groups is 1. The highest BCUT2D eigenvalue weighted by Gasteiger charge is 2.28. The highest BCUT2D eigenvalue weighted by atomic mass is 16.7. The van der Waals surface area contributed by atoms with Crippen LogP contribution in [0.3, 0.4) is 0 Å². The number of carbonyl (C=O) groups is 1. The van der Waals surface area contributed by atoms with Crippen molar-refractivity contribution in [2.24, 2.45) is 0 Å². The number of amides is 1. The molecule has 2 aromatic carbocycles. The number of hydrogen-bond donors (Lipinski definition) is 2. The molecule has 1 aliphatic carbocycles. The lowest BCUT2D eigenvalue weighted by molar-refractivity contribution is -0.180. The van der Waals surface area contributed by atoms with Gasteiger partial charge >= 0.3 is 0 Å². The fourth-order valence-corrected chi connectivity index (χ4v) is 5.01. The average molecular weight is 497 g/mol. The molecule has 8 heteroatoms. The van der Waals surface area contributed by atoms with Gasteiger partial charge in [-0.05, 0) is 60.2 Å². The summed E-state index contributed by atoms with van der Waals surface area (Å²) in [5, 5.41) is 14.4. The zero-order chi connectivity index (χ0) is 25.1. The van der Waals surface area contributed by atoms with Crippen molar-refractivity contribution in [2.75, 3.05) is 39.5 Å². The number of aliphatic hydroxyl groups excluding tert-OH is 1. The molecule has 1 amide bonds. The van der Waals surface area contributed by atoms with Crippen LogP contribution in [0, 0.1) is 0 Å². The van der Waals surface area contributed by atoms with Gasteiger partial charge in [-0.1, -0.05) is 12.1 Å². The van der Waals surface area contributed by atoms with Crippen LogP contribution in [-0.2, 0) is 33.7 Å². The Morgan fingerprint density at radius 1 is 1.17 bits per heavy atom. The number of benzene rings is 2. The molecule has 2 N–H and O–H groups in total. The number of nitrogens with one attached hydrogen (secondary N) is 1. The zero-order valence-corrected chi connectivity index (χ0v) is 21.1. The Hall–Kier alpha value is -2.65. The summed E-state index contributed by atoms with van der Waals surface area (Å²) in [4.78, 5) is 14.2. The number of hydrogen-bond acceptors (Lipinski definition) is 7. The van der Waals surface area contributed by atoms with Crippen LogP contribution in [0.25, 0.3) is 0 Å². The standard InChI is InChI=1S/C28H36N2O6/c1-28(2)35-17-22-13-20(5-8-26(22)36-28)25(31)16-29-23-6-3-19-4-7-24(15-21(19)14-23)34-18-27(32)30-9-11-33-12-10-30/h4-5,7-8,13,15,23,25,29,31H,3,6,9-12,14,16-18H2,1-2H3/t23-,25+/m1/s1. The van der Waals surface area contributed by atoms with E-state index in [0.29, 0.717) is 39.5 Å². The maximum absolute atomic E-state index is 12.4. The quantitative estimate of drug-likeness (QED) is 0.609. The van der Waals surface area contributed by atoms with E-state index in [1.807, 2.05) is 38.1 Å². The fraction of sp³-hybridized carbons (Fsp3) is 0.536. The van der Waals surface area contributed by atoms with Crippen molar-refractivity contribution in [3.05, 3.63) is 58.7 Å². The second-order valence-electron chi connectivity index (χ2n) is 10.2. The molecule has 5 rings (SSSR count). The number of ether oxygens (including phenoxy) is 4. The number of fused-ring (bicyclic) bond motifs is 2. The maximum Gasteiger partial charge on any atom is 0.260 e. The van der Waals surface area contributed by atoms with E-state index in [9.17, 15) is 9.90 Å². The van der Waals surface area contributed by atoms with Crippen molar-refractivity contribution in [2.45, 2.75) is 57.6 Å². The lowest BCUT2D eigenvalue weighted by Crippen LogP contribution is -2.43. The number of carbonyl (C=O) groups excluding carboxylic acids is 1.